The van der Waals surface area contributed by atoms with E-state index in [9.17, 15) is 0 Å². The highest BCUT2D eigenvalue weighted by atomic mass is 16.4. The molecular formula is C11H16N4O. The van der Waals surface area contributed by atoms with E-state index in [1.807, 2.05) is 24.8 Å². The zero-order valence-electron chi connectivity index (χ0n) is 9.82. The van der Waals surface area contributed by atoms with Crippen LogP contribution in [0.5, 0.6) is 0 Å². The van der Waals surface area contributed by atoms with Gasteiger partial charge in [-0.05, 0) is 19.5 Å². The van der Waals surface area contributed by atoms with E-state index in [2.05, 4.69) is 22.3 Å². The van der Waals surface area contributed by atoms with Crippen LogP contribution in [0.4, 0.5) is 0 Å². The summed E-state index contributed by atoms with van der Waals surface area (Å²) in [5.74, 6) is 1.46. The zero-order chi connectivity index (χ0) is 11.5. The van der Waals surface area contributed by atoms with Crippen molar-refractivity contribution < 1.29 is 4.42 Å². The Morgan fingerprint density at radius 1 is 1.50 bits per heavy atom. The van der Waals surface area contributed by atoms with E-state index in [0.29, 0.717) is 12.4 Å². The number of aryl methyl sites for hydroxylation is 2. The van der Waals surface area contributed by atoms with E-state index < -0.39 is 0 Å². The first-order chi connectivity index (χ1) is 7.74. The van der Waals surface area contributed by atoms with Crippen LogP contribution in [0, 0.1) is 0 Å². The molecule has 0 amide bonds. The number of hydrogen-bond acceptors (Lipinski definition) is 4. The van der Waals surface area contributed by atoms with Gasteiger partial charge in [0.25, 0.3) is 0 Å². The minimum atomic E-state index is 0.637. The third kappa shape index (κ3) is 1.99. The van der Waals surface area contributed by atoms with Gasteiger partial charge in [-0.15, -0.1) is 0 Å². The number of aromatic nitrogens is 3. The van der Waals surface area contributed by atoms with Gasteiger partial charge in [-0.1, -0.05) is 6.92 Å². The maximum Gasteiger partial charge on any atom is 0.208 e. The molecule has 5 heteroatoms. The van der Waals surface area contributed by atoms with Crippen LogP contribution in [0.3, 0.4) is 0 Å². The summed E-state index contributed by atoms with van der Waals surface area (Å²) >= 11 is 0. The number of nitrogens with one attached hydrogen (secondary N) is 1. The molecule has 0 aliphatic heterocycles. The molecule has 0 spiro atoms. The number of nitrogens with zero attached hydrogens (tertiary/aromatic N) is 3. The van der Waals surface area contributed by atoms with E-state index in [1.165, 1.54) is 0 Å². The van der Waals surface area contributed by atoms with Gasteiger partial charge in [-0.2, -0.15) is 5.10 Å². The normalized spacial score (nSPS) is 10.9. The molecule has 5 nitrogen and oxygen atoms in total. The average molecular weight is 220 g/mol. The maximum absolute atomic E-state index is 5.61. The van der Waals surface area contributed by atoms with E-state index >= 15 is 0 Å². The molecule has 0 bridgehead atoms. The van der Waals surface area contributed by atoms with Crippen molar-refractivity contribution in [2.24, 2.45) is 7.05 Å². The van der Waals surface area contributed by atoms with Gasteiger partial charge in [0.1, 0.15) is 5.69 Å². The van der Waals surface area contributed by atoms with Crippen LogP contribution in [-0.4, -0.2) is 21.8 Å². The molecule has 2 aromatic rings. The molecule has 16 heavy (non-hydrogen) atoms. The topological polar surface area (TPSA) is 55.9 Å². The largest absolute Gasteiger partial charge is 0.438 e. The van der Waals surface area contributed by atoms with Crippen molar-refractivity contribution >= 4 is 0 Å². The first kappa shape index (κ1) is 10.9. The third-order valence-corrected chi connectivity index (χ3v) is 2.43. The Morgan fingerprint density at radius 2 is 2.31 bits per heavy atom. The van der Waals surface area contributed by atoms with E-state index in [4.69, 9.17) is 4.42 Å². The molecule has 2 rings (SSSR count). The second kappa shape index (κ2) is 4.49. The fourth-order valence-electron chi connectivity index (χ4n) is 1.59. The van der Waals surface area contributed by atoms with Gasteiger partial charge < -0.3 is 9.73 Å². The monoisotopic (exact) mass is 220 g/mol. The standard InChI is InChI=1S/C11H16N4O/c1-4-8-5-9(15(3)14-8)10-6-13-11(16-10)7-12-2/h5-6,12H,4,7H2,1-3H3. The number of oxazole rings is 1. The molecule has 0 atom stereocenters. The minimum Gasteiger partial charge on any atom is -0.438 e. The molecule has 0 saturated carbocycles. The average Bonchev–Trinajstić information content (AvgIpc) is 2.85. The highest BCUT2D eigenvalue weighted by molar-refractivity contribution is 5.51. The van der Waals surface area contributed by atoms with Gasteiger partial charge >= 0.3 is 0 Å². The lowest BCUT2D eigenvalue weighted by Crippen LogP contribution is -2.04. The Bertz CT molecular complexity index is 472. The van der Waals surface area contributed by atoms with Crippen molar-refractivity contribution in [1.29, 1.82) is 0 Å². The van der Waals surface area contributed by atoms with Crippen LogP contribution >= 0.6 is 0 Å². The summed E-state index contributed by atoms with van der Waals surface area (Å²) in [6.07, 6.45) is 2.66. The second-order valence-electron chi connectivity index (χ2n) is 3.65. The smallest absolute Gasteiger partial charge is 0.208 e. The summed E-state index contributed by atoms with van der Waals surface area (Å²) in [5.41, 5.74) is 2.02. The van der Waals surface area contributed by atoms with Crippen molar-refractivity contribution in [3.63, 3.8) is 0 Å². The van der Waals surface area contributed by atoms with Crippen molar-refractivity contribution in [1.82, 2.24) is 20.1 Å². The Labute approximate surface area is 94.5 Å². The molecule has 86 valence electrons. The lowest BCUT2D eigenvalue weighted by molar-refractivity contribution is 0.487. The number of hydrogen-bond donors (Lipinski definition) is 1. The van der Waals surface area contributed by atoms with Gasteiger partial charge in [0.2, 0.25) is 5.89 Å². The molecule has 0 unspecified atom stereocenters. The Morgan fingerprint density at radius 3 is 2.94 bits per heavy atom. The first-order valence-electron chi connectivity index (χ1n) is 5.37. The molecule has 0 aliphatic rings. The Hall–Kier alpha value is -1.62. The summed E-state index contributed by atoms with van der Waals surface area (Å²) in [7, 11) is 3.78. The van der Waals surface area contributed by atoms with Gasteiger partial charge in [0.15, 0.2) is 5.76 Å². The lowest BCUT2D eigenvalue weighted by Gasteiger charge is -1.95. The van der Waals surface area contributed by atoms with Crippen LogP contribution in [0.1, 0.15) is 18.5 Å². The molecule has 0 aliphatic carbocycles. The molecule has 2 heterocycles. The molecule has 0 aromatic carbocycles. The summed E-state index contributed by atoms with van der Waals surface area (Å²) in [5, 5.41) is 7.38. The van der Waals surface area contributed by atoms with Gasteiger partial charge in [0.05, 0.1) is 18.4 Å². The molecule has 1 N–H and O–H groups in total. The predicted octanol–water partition coefficient (Wildman–Crippen LogP) is 1.36. The van der Waals surface area contributed by atoms with E-state index in [0.717, 1.165) is 23.6 Å². The van der Waals surface area contributed by atoms with Gasteiger partial charge in [-0.25, -0.2) is 4.98 Å². The highest BCUT2D eigenvalue weighted by Crippen LogP contribution is 2.20. The van der Waals surface area contributed by atoms with Gasteiger partial charge in [-0.3, -0.25) is 4.68 Å². The summed E-state index contributed by atoms with van der Waals surface area (Å²) in [6, 6.07) is 2.03. The SMILES string of the molecule is CCc1cc(-c2cnc(CNC)o2)n(C)n1. The molecule has 0 radical (unpaired) electrons. The van der Waals surface area contributed by atoms with Crippen LogP contribution < -0.4 is 5.32 Å². The maximum atomic E-state index is 5.61. The molecular weight excluding hydrogens is 204 g/mol. The highest BCUT2D eigenvalue weighted by Gasteiger charge is 2.11. The minimum absolute atomic E-state index is 0.637. The molecule has 0 fully saturated rings. The van der Waals surface area contributed by atoms with Crippen molar-refractivity contribution in [3.8, 4) is 11.5 Å². The van der Waals surface area contributed by atoms with Crippen LogP contribution in [-0.2, 0) is 20.0 Å². The quantitative estimate of drug-likeness (QED) is 0.845. The van der Waals surface area contributed by atoms with E-state index in [-0.39, 0.29) is 0 Å². The summed E-state index contributed by atoms with van der Waals surface area (Å²) < 4.78 is 7.44. The molecule has 2 aromatic heterocycles. The van der Waals surface area contributed by atoms with Crippen LogP contribution in [0.25, 0.3) is 11.5 Å². The van der Waals surface area contributed by atoms with Crippen molar-refractivity contribution in [2.75, 3.05) is 7.05 Å². The second-order valence-corrected chi connectivity index (χ2v) is 3.65. The van der Waals surface area contributed by atoms with Crippen LogP contribution in [0.2, 0.25) is 0 Å². The lowest BCUT2D eigenvalue weighted by atomic mass is 10.3. The van der Waals surface area contributed by atoms with Crippen molar-refractivity contribution in [2.45, 2.75) is 19.9 Å². The predicted molar refractivity (Wildman–Crippen MR) is 60.8 cm³/mol. The fraction of sp³-hybridized carbons (Fsp3) is 0.455. The van der Waals surface area contributed by atoms with Crippen molar-refractivity contribution in [3.05, 3.63) is 23.8 Å². The molecule has 0 saturated heterocycles. The number of rotatable bonds is 4. The zero-order valence-corrected chi connectivity index (χ0v) is 9.82. The van der Waals surface area contributed by atoms with E-state index in [1.54, 1.807) is 6.20 Å². The summed E-state index contributed by atoms with van der Waals surface area (Å²) in [4.78, 5) is 4.19. The Kier molecular flexibility index (Phi) is 3.05. The summed E-state index contributed by atoms with van der Waals surface area (Å²) in [6.45, 7) is 2.72. The first-order valence-corrected chi connectivity index (χ1v) is 5.37. The van der Waals surface area contributed by atoms with Crippen LogP contribution in [0.15, 0.2) is 16.7 Å². The Balaban J connectivity index is 2.30. The van der Waals surface area contributed by atoms with Gasteiger partial charge in [0, 0.05) is 7.05 Å². The fourth-order valence-corrected chi connectivity index (χ4v) is 1.59. The third-order valence-electron chi connectivity index (χ3n) is 2.43.